The van der Waals surface area contributed by atoms with E-state index in [1.807, 2.05) is 5.43 Å². The highest BCUT2D eigenvalue weighted by molar-refractivity contribution is 9.10. The van der Waals surface area contributed by atoms with Crippen molar-refractivity contribution in [2.45, 2.75) is 12.5 Å². The number of ether oxygens (including phenoxy) is 3. The average molecular weight is 373 g/mol. The number of hydrogen-bond donors (Lipinski definition) is 2. The van der Waals surface area contributed by atoms with Gasteiger partial charge in [0, 0.05) is 7.11 Å². The third-order valence-corrected chi connectivity index (χ3v) is 2.78. The molecule has 0 saturated carbocycles. The molecule has 1 aromatic rings. The molecule has 1 rings (SSSR count). The average Bonchev–Trinajstić information content (AvgIpc) is 2.39. The molecule has 0 heterocycles. The number of carbonyl (C=O) groups excluding carboxylic acids is 1. The maximum absolute atomic E-state index is 12.1. The Hall–Kier alpha value is -1.52. The minimum atomic E-state index is -4.80. The van der Waals surface area contributed by atoms with E-state index < -0.39 is 24.1 Å². The van der Waals surface area contributed by atoms with E-state index in [0.29, 0.717) is 0 Å². The van der Waals surface area contributed by atoms with E-state index in [1.54, 1.807) is 0 Å². The molecule has 0 radical (unpaired) electrons. The minimum absolute atomic E-state index is 0.0154. The quantitative estimate of drug-likeness (QED) is 0.451. The van der Waals surface area contributed by atoms with Gasteiger partial charge in [0.15, 0.2) is 0 Å². The van der Waals surface area contributed by atoms with Crippen molar-refractivity contribution in [2.75, 3.05) is 13.7 Å². The summed E-state index contributed by atoms with van der Waals surface area (Å²) in [7, 11) is 1.36. The zero-order chi connectivity index (χ0) is 16.0. The van der Waals surface area contributed by atoms with Crippen molar-refractivity contribution in [3.05, 3.63) is 22.7 Å². The predicted molar refractivity (Wildman–Crippen MR) is 69.4 cm³/mol. The Morgan fingerprint density at radius 3 is 2.62 bits per heavy atom. The first-order chi connectivity index (χ1) is 9.76. The standard InChI is InChI=1S/C11H12BrF3N2O4/c1-19-5-9(10(18)17-16)20-6-2-3-8(7(12)4-6)21-11(13,14)15/h2-4,9H,5,16H2,1H3,(H,17,18). The Balaban J connectivity index is 2.85. The second-order valence-corrected chi connectivity index (χ2v) is 4.56. The van der Waals surface area contributed by atoms with Gasteiger partial charge in [0.05, 0.1) is 11.1 Å². The van der Waals surface area contributed by atoms with Crippen molar-refractivity contribution in [3.8, 4) is 11.5 Å². The van der Waals surface area contributed by atoms with Crippen molar-refractivity contribution in [1.29, 1.82) is 0 Å². The van der Waals surface area contributed by atoms with Crippen LogP contribution in [0, 0.1) is 0 Å². The molecular weight excluding hydrogens is 361 g/mol. The van der Waals surface area contributed by atoms with E-state index in [1.165, 1.54) is 19.2 Å². The molecular formula is C11H12BrF3N2O4. The molecule has 118 valence electrons. The third kappa shape index (κ3) is 5.78. The van der Waals surface area contributed by atoms with Gasteiger partial charge in [0.25, 0.3) is 5.91 Å². The molecule has 1 unspecified atom stereocenters. The molecule has 1 amide bonds. The Labute approximate surface area is 126 Å². The number of halogens is 4. The van der Waals surface area contributed by atoms with Gasteiger partial charge in [-0.3, -0.25) is 10.2 Å². The van der Waals surface area contributed by atoms with E-state index in [-0.39, 0.29) is 16.8 Å². The first-order valence-electron chi connectivity index (χ1n) is 5.48. The highest BCUT2D eigenvalue weighted by Gasteiger charge is 2.32. The number of amides is 1. The molecule has 10 heteroatoms. The molecule has 0 aliphatic heterocycles. The number of hydrogen-bond acceptors (Lipinski definition) is 5. The van der Waals surface area contributed by atoms with E-state index in [2.05, 4.69) is 20.7 Å². The first kappa shape index (κ1) is 17.5. The fraction of sp³-hybridized carbons (Fsp3) is 0.364. The minimum Gasteiger partial charge on any atom is -0.478 e. The third-order valence-electron chi connectivity index (χ3n) is 2.16. The molecule has 1 aromatic carbocycles. The molecule has 0 fully saturated rings. The number of hydrazine groups is 1. The van der Waals surface area contributed by atoms with Crippen molar-refractivity contribution in [2.24, 2.45) is 5.84 Å². The van der Waals surface area contributed by atoms with Crippen LogP contribution in [0.3, 0.4) is 0 Å². The van der Waals surface area contributed by atoms with Crippen molar-refractivity contribution in [1.82, 2.24) is 5.43 Å². The van der Waals surface area contributed by atoms with Gasteiger partial charge in [-0.1, -0.05) is 0 Å². The van der Waals surface area contributed by atoms with Crippen LogP contribution in [0.15, 0.2) is 22.7 Å². The van der Waals surface area contributed by atoms with Gasteiger partial charge in [0.1, 0.15) is 11.5 Å². The smallest absolute Gasteiger partial charge is 0.478 e. The number of alkyl halides is 3. The summed E-state index contributed by atoms with van der Waals surface area (Å²) in [6.45, 7) is -0.0819. The molecule has 0 bridgehead atoms. The second kappa shape index (κ2) is 7.48. The highest BCUT2D eigenvalue weighted by Crippen LogP contribution is 2.33. The zero-order valence-corrected chi connectivity index (χ0v) is 12.3. The summed E-state index contributed by atoms with van der Waals surface area (Å²) in [5, 5.41) is 0. The van der Waals surface area contributed by atoms with E-state index >= 15 is 0 Å². The molecule has 6 nitrogen and oxygen atoms in total. The van der Waals surface area contributed by atoms with Gasteiger partial charge in [-0.05, 0) is 34.1 Å². The SMILES string of the molecule is COCC(Oc1ccc(OC(F)(F)F)c(Br)c1)C(=O)NN. The van der Waals surface area contributed by atoms with Gasteiger partial charge in [0.2, 0.25) is 6.10 Å². The monoisotopic (exact) mass is 372 g/mol. The summed E-state index contributed by atoms with van der Waals surface area (Å²) in [6.07, 6.45) is -5.84. The summed E-state index contributed by atoms with van der Waals surface area (Å²) in [5.41, 5.74) is 1.90. The van der Waals surface area contributed by atoms with Crippen LogP contribution in [0.5, 0.6) is 11.5 Å². The van der Waals surface area contributed by atoms with E-state index in [0.717, 1.165) is 6.07 Å². The van der Waals surface area contributed by atoms with Crippen LogP contribution in [-0.2, 0) is 9.53 Å². The maximum Gasteiger partial charge on any atom is 0.573 e. The van der Waals surface area contributed by atoms with Crippen molar-refractivity contribution < 1.29 is 32.2 Å². The van der Waals surface area contributed by atoms with Crippen LogP contribution in [0.25, 0.3) is 0 Å². The summed E-state index contributed by atoms with van der Waals surface area (Å²) in [4.78, 5) is 11.4. The van der Waals surface area contributed by atoms with Gasteiger partial charge in [-0.25, -0.2) is 5.84 Å². The largest absolute Gasteiger partial charge is 0.573 e. The zero-order valence-electron chi connectivity index (χ0n) is 10.7. The van der Waals surface area contributed by atoms with Crippen molar-refractivity contribution >= 4 is 21.8 Å². The molecule has 0 aliphatic rings. The molecule has 21 heavy (non-hydrogen) atoms. The Kier molecular flexibility index (Phi) is 6.24. The summed E-state index contributed by atoms with van der Waals surface area (Å²) in [5.74, 6) is 4.07. The number of benzene rings is 1. The second-order valence-electron chi connectivity index (χ2n) is 3.71. The lowest BCUT2D eigenvalue weighted by molar-refractivity contribution is -0.274. The number of nitrogens with two attached hydrogens (primary N) is 1. The van der Waals surface area contributed by atoms with E-state index in [4.69, 9.17) is 15.3 Å². The van der Waals surface area contributed by atoms with Crippen LogP contribution in [0.4, 0.5) is 13.2 Å². The van der Waals surface area contributed by atoms with E-state index in [9.17, 15) is 18.0 Å². The van der Waals surface area contributed by atoms with Crippen LogP contribution >= 0.6 is 15.9 Å². The first-order valence-corrected chi connectivity index (χ1v) is 6.27. The molecule has 0 saturated heterocycles. The molecule has 0 aromatic heterocycles. The molecule has 0 aliphatic carbocycles. The lowest BCUT2D eigenvalue weighted by Gasteiger charge is -2.17. The summed E-state index contributed by atoms with van der Waals surface area (Å²) in [6, 6.07) is 3.50. The lowest BCUT2D eigenvalue weighted by Crippen LogP contribution is -2.44. The predicted octanol–water partition coefficient (Wildman–Crippen LogP) is 1.73. The Morgan fingerprint density at radius 1 is 1.48 bits per heavy atom. The molecule has 3 N–H and O–H groups in total. The topological polar surface area (TPSA) is 82.8 Å². The molecule has 0 spiro atoms. The van der Waals surface area contributed by atoms with Crippen LogP contribution in [0.2, 0.25) is 0 Å². The lowest BCUT2D eigenvalue weighted by atomic mass is 10.3. The maximum atomic E-state index is 12.1. The van der Waals surface area contributed by atoms with Crippen LogP contribution in [-0.4, -0.2) is 32.1 Å². The fourth-order valence-electron chi connectivity index (χ4n) is 1.33. The van der Waals surface area contributed by atoms with Gasteiger partial charge in [-0.15, -0.1) is 13.2 Å². The van der Waals surface area contributed by atoms with Gasteiger partial charge < -0.3 is 14.2 Å². The van der Waals surface area contributed by atoms with Crippen LogP contribution in [0.1, 0.15) is 0 Å². The normalized spacial score (nSPS) is 12.7. The number of methoxy groups -OCH3 is 1. The number of carbonyl (C=O) groups is 1. The highest BCUT2D eigenvalue weighted by atomic mass is 79.9. The number of rotatable bonds is 6. The summed E-state index contributed by atoms with van der Waals surface area (Å²) < 4.78 is 50.3. The number of nitrogens with one attached hydrogen (secondary N) is 1. The van der Waals surface area contributed by atoms with Gasteiger partial charge in [-0.2, -0.15) is 0 Å². The Bertz CT molecular complexity index is 499. The fourth-order valence-corrected chi connectivity index (χ4v) is 1.77. The van der Waals surface area contributed by atoms with Crippen molar-refractivity contribution in [3.63, 3.8) is 0 Å². The Morgan fingerprint density at radius 2 is 2.14 bits per heavy atom. The van der Waals surface area contributed by atoms with Gasteiger partial charge >= 0.3 is 6.36 Å². The molecule has 1 atom stereocenters. The summed E-state index contributed by atoms with van der Waals surface area (Å²) >= 11 is 2.92. The van der Waals surface area contributed by atoms with Crippen LogP contribution < -0.4 is 20.7 Å².